The van der Waals surface area contributed by atoms with Gasteiger partial charge < -0.3 is 18.7 Å². The summed E-state index contributed by atoms with van der Waals surface area (Å²) in [5.74, 6) is 0. The van der Waals surface area contributed by atoms with Gasteiger partial charge in [0, 0.05) is 81.6 Å². The van der Waals surface area contributed by atoms with E-state index in [4.69, 9.17) is 8.83 Å². The minimum absolute atomic E-state index is 0.0162. The van der Waals surface area contributed by atoms with Crippen LogP contribution >= 0.6 is 11.3 Å². The predicted molar refractivity (Wildman–Crippen MR) is 286 cm³/mol. The van der Waals surface area contributed by atoms with Crippen molar-refractivity contribution in [2.45, 2.75) is 78.6 Å². The molecule has 0 bridgehead atoms. The van der Waals surface area contributed by atoms with Crippen LogP contribution < -0.4 is 16.2 Å². The topological polar surface area (TPSA) is 43.2 Å². The average Bonchev–Trinajstić information content (AvgIpc) is 4.04. The monoisotopic (exact) mass is 874 g/mol. The van der Waals surface area contributed by atoms with Crippen molar-refractivity contribution < 1.29 is 8.83 Å². The third-order valence-electron chi connectivity index (χ3n) is 14.5. The number of anilines is 2. The molecule has 4 aromatic heterocycles. The van der Waals surface area contributed by atoms with Crippen LogP contribution in [0.3, 0.4) is 0 Å². The van der Waals surface area contributed by atoms with Crippen LogP contribution in [0.2, 0.25) is 0 Å². The van der Waals surface area contributed by atoms with Crippen molar-refractivity contribution >= 4 is 127 Å². The molecule has 0 saturated heterocycles. The average molecular weight is 875 g/mol. The highest BCUT2D eigenvalue weighted by Gasteiger charge is 2.33. The molecule has 0 fully saturated rings. The molecule has 6 heteroatoms. The van der Waals surface area contributed by atoms with Gasteiger partial charge in [-0.05, 0) is 98.6 Å². The first-order valence-electron chi connectivity index (χ1n) is 23.4. The van der Waals surface area contributed by atoms with Crippen LogP contribution in [-0.4, -0.2) is 11.8 Å². The number of benzene rings is 8. The Balaban J connectivity index is 1.20. The maximum atomic E-state index is 6.80. The van der Waals surface area contributed by atoms with Gasteiger partial charge in [-0.2, -0.15) is 0 Å². The summed E-state index contributed by atoms with van der Waals surface area (Å²) in [5.41, 5.74) is 18.3. The van der Waals surface area contributed by atoms with Gasteiger partial charge in [0.25, 0.3) is 0 Å². The zero-order chi connectivity index (χ0) is 45.2. The summed E-state index contributed by atoms with van der Waals surface area (Å²) in [6.45, 7) is 20.6. The van der Waals surface area contributed by atoms with Crippen LogP contribution in [0.5, 0.6) is 0 Å². The van der Waals surface area contributed by atoms with Crippen molar-refractivity contribution in [3.8, 4) is 16.8 Å². The van der Waals surface area contributed by atoms with Crippen molar-refractivity contribution in [2.75, 3.05) is 5.32 Å². The molecule has 0 spiro atoms. The SMILES string of the molecule is CC(C)(C)c1ccc(Nc2cc3oc4ccc(C(C)(C)C)cc4c3cc2-c2c3c4c(c5cc(C(C)(C)C)ccc5n4-c4cc5oc6ccccc6c5cc4B3)c3sc4ccccc4c23)cc1. The molecule has 66 heavy (non-hydrogen) atoms. The van der Waals surface area contributed by atoms with Gasteiger partial charge in [-0.25, -0.2) is 0 Å². The largest absolute Gasteiger partial charge is 0.456 e. The highest BCUT2D eigenvalue weighted by molar-refractivity contribution is 7.27. The Bertz CT molecular complexity index is 4040. The maximum absolute atomic E-state index is 6.80. The molecular formula is C60H51BN2O2S. The van der Waals surface area contributed by atoms with Crippen molar-refractivity contribution in [1.29, 1.82) is 0 Å². The molecule has 0 aliphatic carbocycles. The van der Waals surface area contributed by atoms with E-state index in [9.17, 15) is 0 Å². The Kier molecular flexibility index (Phi) is 8.05. The minimum atomic E-state index is -0.0233. The molecule has 0 saturated carbocycles. The van der Waals surface area contributed by atoms with Gasteiger partial charge in [-0.1, -0.05) is 135 Å². The first-order chi connectivity index (χ1) is 31.6. The van der Waals surface area contributed by atoms with Gasteiger partial charge in [-0.3, -0.25) is 0 Å². The third kappa shape index (κ3) is 5.76. The van der Waals surface area contributed by atoms with Crippen LogP contribution in [0.4, 0.5) is 11.4 Å². The quantitative estimate of drug-likeness (QED) is 0.180. The second-order valence-corrected chi connectivity index (χ2v) is 22.9. The Morgan fingerprint density at radius 2 is 1.12 bits per heavy atom. The van der Waals surface area contributed by atoms with Crippen LogP contribution in [0.15, 0.2) is 142 Å². The highest BCUT2D eigenvalue weighted by Crippen LogP contribution is 2.51. The second kappa shape index (κ2) is 13.4. The normalized spacial score (nSPS) is 13.3. The molecule has 0 amide bonds. The molecule has 13 rings (SSSR count). The van der Waals surface area contributed by atoms with E-state index in [1.807, 2.05) is 11.3 Å². The molecule has 322 valence electrons. The van der Waals surface area contributed by atoms with Gasteiger partial charge in [0.2, 0.25) is 0 Å². The molecule has 12 aromatic rings. The number of rotatable bonds is 3. The maximum Gasteiger partial charge on any atom is 0.198 e. The number of hydrogen-bond donors (Lipinski definition) is 1. The lowest BCUT2D eigenvalue weighted by Crippen LogP contribution is -2.37. The van der Waals surface area contributed by atoms with E-state index in [1.165, 1.54) is 86.4 Å². The van der Waals surface area contributed by atoms with Crippen molar-refractivity contribution in [2.24, 2.45) is 0 Å². The lowest BCUT2D eigenvalue weighted by Gasteiger charge is -2.25. The third-order valence-corrected chi connectivity index (χ3v) is 15.6. The van der Waals surface area contributed by atoms with Crippen molar-refractivity contribution in [1.82, 2.24) is 4.57 Å². The van der Waals surface area contributed by atoms with Gasteiger partial charge in [-0.15, -0.1) is 11.3 Å². The Morgan fingerprint density at radius 1 is 0.515 bits per heavy atom. The number of nitrogens with one attached hydrogen (secondary N) is 1. The summed E-state index contributed by atoms with van der Waals surface area (Å²) in [7, 11) is 0.761. The Hall–Kier alpha value is -6.76. The number of furan rings is 2. The lowest BCUT2D eigenvalue weighted by molar-refractivity contribution is 0.590. The van der Waals surface area contributed by atoms with E-state index < -0.39 is 0 Å². The van der Waals surface area contributed by atoms with Gasteiger partial charge in [0.05, 0.1) is 16.7 Å². The molecule has 4 nitrogen and oxygen atoms in total. The van der Waals surface area contributed by atoms with E-state index in [0.717, 1.165) is 62.5 Å². The van der Waals surface area contributed by atoms with Crippen molar-refractivity contribution in [3.63, 3.8) is 0 Å². The molecular weight excluding hydrogens is 824 g/mol. The number of aromatic nitrogens is 1. The van der Waals surface area contributed by atoms with Crippen LogP contribution in [0, 0.1) is 0 Å². The number of thiophene rings is 1. The number of nitrogens with zero attached hydrogens (tertiary/aromatic N) is 1. The minimum Gasteiger partial charge on any atom is -0.456 e. The molecule has 0 unspecified atom stereocenters. The predicted octanol–water partition coefficient (Wildman–Crippen LogP) is 16.0. The molecule has 0 radical (unpaired) electrons. The summed E-state index contributed by atoms with van der Waals surface area (Å²) in [5, 5.41) is 13.8. The second-order valence-electron chi connectivity index (χ2n) is 21.9. The highest BCUT2D eigenvalue weighted by atomic mass is 32.1. The fraction of sp³-hybridized carbons (Fsp3) is 0.200. The molecule has 1 aliphatic heterocycles. The molecule has 1 aliphatic rings. The van der Waals surface area contributed by atoms with Gasteiger partial charge >= 0.3 is 0 Å². The van der Waals surface area contributed by atoms with Gasteiger partial charge in [0.15, 0.2) is 7.28 Å². The number of fused-ring (bicyclic) bond motifs is 15. The van der Waals surface area contributed by atoms with Crippen LogP contribution in [0.1, 0.15) is 79.0 Å². The van der Waals surface area contributed by atoms with E-state index in [0.29, 0.717) is 0 Å². The Morgan fingerprint density at radius 3 is 1.86 bits per heavy atom. The van der Waals surface area contributed by atoms with E-state index in [-0.39, 0.29) is 16.2 Å². The fourth-order valence-electron chi connectivity index (χ4n) is 10.9. The smallest absolute Gasteiger partial charge is 0.198 e. The number of para-hydroxylation sites is 1. The van der Waals surface area contributed by atoms with Gasteiger partial charge in [0.1, 0.15) is 22.3 Å². The van der Waals surface area contributed by atoms with Crippen molar-refractivity contribution in [3.05, 3.63) is 150 Å². The standard InChI is InChI=1S/C60H51BN2O2S/c1-58(2,3)32-18-22-35(23-19-32)62-44-30-49-39(38-26-34(60(7,8)9)21-25-48(38)65-49)28-41(44)52-53-37-15-11-13-17-51(37)66-57(53)54-42-27-33(59(4,5)6)20-24-45(42)63-46-31-50-40(29-43(46)61-55(52)56(54)63)36-14-10-12-16-47(36)64-50/h10-31,61-62H,1-9H3. The summed E-state index contributed by atoms with van der Waals surface area (Å²) >= 11 is 1.93. The van der Waals surface area contributed by atoms with E-state index in [1.54, 1.807) is 0 Å². The van der Waals surface area contributed by atoms with E-state index in [2.05, 4.69) is 206 Å². The van der Waals surface area contributed by atoms with Crippen LogP contribution in [0.25, 0.3) is 103 Å². The molecule has 1 N–H and O–H groups in total. The first kappa shape index (κ1) is 39.6. The number of hydrogen-bond acceptors (Lipinski definition) is 4. The summed E-state index contributed by atoms with van der Waals surface area (Å²) in [6.07, 6.45) is 0. The molecule has 0 atom stereocenters. The fourth-order valence-corrected chi connectivity index (χ4v) is 12.2. The van der Waals surface area contributed by atoms with Crippen LogP contribution in [-0.2, 0) is 16.2 Å². The summed E-state index contributed by atoms with van der Waals surface area (Å²) in [6, 6.07) is 49.9. The summed E-state index contributed by atoms with van der Waals surface area (Å²) < 4.78 is 18.6. The molecule has 5 heterocycles. The molecule has 8 aromatic carbocycles. The summed E-state index contributed by atoms with van der Waals surface area (Å²) in [4.78, 5) is 0. The first-order valence-corrected chi connectivity index (χ1v) is 24.2. The Labute approximate surface area is 389 Å². The van der Waals surface area contributed by atoms with E-state index >= 15 is 0 Å². The zero-order valence-electron chi connectivity index (χ0n) is 39.1. The zero-order valence-corrected chi connectivity index (χ0v) is 39.9. The lowest BCUT2D eigenvalue weighted by atomic mass is 9.58.